The van der Waals surface area contributed by atoms with Gasteiger partial charge in [0.2, 0.25) is 0 Å². The van der Waals surface area contributed by atoms with Crippen LogP contribution in [0.2, 0.25) is 5.02 Å². The molecule has 0 bridgehead atoms. The normalized spacial score (nSPS) is 19.1. The standard InChI is InChI=1S/C14H18ClF2NO2S/c1-14(2,21(18)19)5-10(8-6-20-7-8)9-3-13(17)11(15)4-12(9)16/h3-4,8,10H,5-7,18H2,1-2H3/t10-,21?/m1/s1. The van der Waals surface area contributed by atoms with Gasteiger partial charge in [0.05, 0.1) is 34.0 Å². The van der Waals surface area contributed by atoms with E-state index >= 15 is 0 Å². The minimum Gasteiger partial charge on any atom is -0.381 e. The maximum atomic E-state index is 14.2. The van der Waals surface area contributed by atoms with Crippen LogP contribution in [-0.2, 0) is 15.7 Å². The lowest BCUT2D eigenvalue weighted by Crippen LogP contribution is -2.40. The zero-order valence-corrected chi connectivity index (χ0v) is 13.4. The van der Waals surface area contributed by atoms with Gasteiger partial charge >= 0.3 is 0 Å². The number of benzene rings is 1. The van der Waals surface area contributed by atoms with Crippen LogP contribution in [0.25, 0.3) is 0 Å². The Hall–Kier alpha value is -0.560. The highest BCUT2D eigenvalue weighted by atomic mass is 35.5. The number of ether oxygens (including phenoxy) is 1. The number of nitrogens with two attached hydrogens (primary N) is 1. The van der Waals surface area contributed by atoms with E-state index in [-0.39, 0.29) is 22.4 Å². The average Bonchev–Trinajstić information content (AvgIpc) is 2.30. The molecule has 3 nitrogen and oxygen atoms in total. The van der Waals surface area contributed by atoms with Crippen LogP contribution in [0, 0.1) is 17.6 Å². The molecule has 1 aromatic rings. The molecule has 0 radical (unpaired) electrons. The van der Waals surface area contributed by atoms with Gasteiger partial charge in [0.15, 0.2) is 0 Å². The smallest absolute Gasteiger partial charge is 0.142 e. The minimum atomic E-state index is -1.56. The predicted octanol–water partition coefficient (Wildman–Crippen LogP) is 3.14. The highest BCUT2D eigenvalue weighted by Gasteiger charge is 2.37. The molecule has 1 aliphatic rings. The third kappa shape index (κ3) is 3.62. The van der Waals surface area contributed by atoms with Crippen molar-refractivity contribution >= 4 is 22.6 Å². The summed E-state index contributed by atoms with van der Waals surface area (Å²) in [6.45, 7) is 4.45. The van der Waals surface area contributed by atoms with Crippen molar-refractivity contribution in [2.75, 3.05) is 13.2 Å². The monoisotopic (exact) mass is 337 g/mol. The summed E-state index contributed by atoms with van der Waals surface area (Å²) in [5.74, 6) is -1.47. The molecule has 1 aliphatic heterocycles. The van der Waals surface area contributed by atoms with Crippen molar-refractivity contribution in [2.24, 2.45) is 11.1 Å². The number of halogens is 3. The van der Waals surface area contributed by atoms with E-state index in [0.29, 0.717) is 19.6 Å². The van der Waals surface area contributed by atoms with Gasteiger partial charge in [-0.3, -0.25) is 5.14 Å². The lowest BCUT2D eigenvalue weighted by atomic mass is 9.79. The van der Waals surface area contributed by atoms with Gasteiger partial charge < -0.3 is 4.74 Å². The number of hydrogen-bond acceptors (Lipinski definition) is 2. The number of rotatable bonds is 5. The van der Waals surface area contributed by atoms with Crippen LogP contribution in [-0.4, -0.2) is 22.2 Å². The van der Waals surface area contributed by atoms with Crippen molar-refractivity contribution in [3.63, 3.8) is 0 Å². The summed E-state index contributed by atoms with van der Waals surface area (Å²) in [6, 6.07) is 2.10. The van der Waals surface area contributed by atoms with E-state index < -0.39 is 27.4 Å². The van der Waals surface area contributed by atoms with Crippen LogP contribution in [0.4, 0.5) is 8.78 Å². The topological polar surface area (TPSA) is 52.3 Å². The van der Waals surface area contributed by atoms with Crippen molar-refractivity contribution in [1.29, 1.82) is 0 Å². The molecule has 2 N–H and O–H groups in total. The Bertz CT molecular complexity index is 564. The fourth-order valence-corrected chi connectivity index (χ4v) is 2.94. The maximum Gasteiger partial charge on any atom is 0.142 e. The van der Waals surface area contributed by atoms with Gasteiger partial charge in [-0.15, -0.1) is 0 Å². The molecule has 0 aromatic heterocycles. The fourth-order valence-electron chi connectivity index (χ4n) is 2.45. The third-order valence-electron chi connectivity index (χ3n) is 3.93. The van der Waals surface area contributed by atoms with Crippen LogP contribution in [0.1, 0.15) is 31.7 Å². The van der Waals surface area contributed by atoms with E-state index in [1.165, 1.54) is 0 Å². The summed E-state index contributed by atoms with van der Waals surface area (Å²) in [4.78, 5) is 0. The number of hydrogen-bond donors (Lipinski definition) is 1. The molecule has 0 spiro atoms. The molecule has 1 unspecified atom stereocenters. The lowest BCUT2D eigenvalue weighted by Gasteiger charge is -2.37. The van der Waals surface area contributed by atoms with E-state index in [4.69, 9.17) is 21.5 Å². The molecule has 7 heteroatoms. The average molecular weight is 338 g/mol. The predicted molar refractivity (Wildman–Crippen MR) is 79.4 cm³/mol. The molecule has 0 aliphatic carbocycles. The van der Waals surface area contributed by atoms with Gasteiger partial charge in [0, 0.05) is 5.92 Å². The molecule has 1 fully saturated rings. The quantitative estimate of drug-likeness (QED) is 0.839. The second-order valence-corrected chi connectivity index (χ2v) is 8.06. The first-order valence-corrected chi connectivity index (χ1v) is 8.20. The molecule has 1 saturated heterocycles. The molecule has 21 heavy (non-hydrogen) atoms. The Balaban J connectivity index is 2.37. The summed E-state index contributed by atoms with van der Waals surface area (Å²) >= 11 is 5.59. The van der Waals surface area contributed by atoms with Crippen LogP contribution in [0.5, 0.6) is 0 Å². The Morgan fingerprint density at radius 1 is 1.43 bits per heavy atom. The van der Waals surface area contributed by atoms with Crippen LogP contribution in [0.15, 0.2) is 12.1 Å². The van der Waals surface area contributed by atoms with Gasteiger partial charge in [-0.1, -0.05) is 11.6 Å². The van der Waals surface area contributed by atoms with E-state index in [9.17, 15) is 13.0 Å². The lowest BCUT2D eigenvalue weighted by molar-refractivity contribution is -0.0477. The third-order valence-corrected chi connectivity index (χ3v) is 5.47. The molecule has 0 amide bonds. The van der Waals surface area contributed by atoms with Crippen LogP contribution >= 0.6 is 11.6 Å². The Morgan fingerprint density at radius 3 is 2.52 bits per heavy atom. The van der Waals surface area contributed by atoms with Gasteiger partial charge in [-0.25, -0.2) is 13.0 Å². The molecule has 0 saturated carbocycles. The highest BCUT2D eigenvalue weighted by molar-refractivity contribution is 7.84. The van der Waals surface area contributed by atoms with Crippen molar-refractivity contribution in [3.8, 4) is 0 Å². The van der Waals surface area contributed by atoms with E-state index in [2.05, 4.69) is 0 Å². The first-order chi connectivity index (χ1) is 9.72. The maximum absolute atomic E-state index is 14.2. The summed E-state index contributed by atoms with van der Waals surface area (Å²) in [6.07, 6.45) is 0.377. The zero-order chi connectivity index (χ0) is 15.8. The van der Waals surface area contributed by atoms with Gasteiger partial charge in [-0.05, 0) is 43.9 Å². The largest absolute Gasteiger partial charge is 0.381 e. The highest BCUT2D eigenvalue weighted by Crippen LogP contribution is 2.40. The first-order valence-electron chi connectivity index (χ1n) is 6.61. The van der Waals surface area contributed by atoms with E-state index in [1.807, 2.05) is 0 Å². The SMILES string of the molecule is CC(C)(C[C@@H](c1cc(F)c(Cl)cc1F)C1COC1)S(N)=O. The molecule has 1 heterocycles. The van der Waals surface area contributed by atoms with E-state index in [0.717, 1.165) is 12.1 Å². The summed E-state index contributed by atoms with van der Waals surface area (Å²) < 4.78 is 43.9. The first kappa shape index (κ1) is 16.8. The van der Waals surface area contributed by atoms with Crippen molar-refractivity contribution in [1.82, 2.24) is 0 Å². The van der Waals surface area contributed by atoms with Crippen molar-refractivity contribution in [3.05, 3.63) is 34.4 Å². The van der Waals surface area contributed by atoms with Gasteiger partial charge in [0.25, 0.3) is 0 Å². The summed E-state index contributed by atoms with van der Waals surface area (Å²) in [5, 5.41) is 5.25. The molecular weight excluding hydrogens is 320 g/mol. The molecule has 2 rings (SSSR count). The van der Waals surface area contributed by atoms with Crippen molar-refractivity contribution < 1.29 is 17.7 Å². The molecular formula is C14H18ClF2NO2S. The van der Waals surface area contributed by atoms with Crippen molar-refractivity contribution in [2.45, 2.75) is 30.9 Å². The second kappa shape index (κ2) is 6.28. The molecule has 1 aromatic carbocycles. The summed E-state index contributed by atoms with van der Waals surface area (Å²) in [5.41, 5.74) is 0.240. The molecule has 2 atom stereocenters. The van der Waals surface area contributed by atoms with Gasteiger partial charge in [-0.2, -0.15) is 0 Å². The van der Waals surface area contributed by atoms with Gasteiger partial charge in [0.1, 0.15) is 11.6 Å². The Kier molecular flexibility index (Phi) is 5.03. The van der Waals surface area contributed by atoms with Crippen LogP contribution in [0.3, 0.4) is 0 Å². The van der Waals surface area contributed by atoms with E-state index in [1.54, 1.807) is 13.8 Å². The van der Waals surface area contributed by atoms with Crippen LogP contribution < -0.4 is 5.14 Å². The summed E-state index contributed by atoms with van der Waals surface area (Å²) in [7, 11) is -1.56. The fraction of sp³-hybridized carbons (Fsp3) is 0.571. The Morgan fingerprint density at radius 2 is 2.05 bits per heavy atom. The minimum absolute atomic E-state index is 0.0582. The molecule has 118 valence electrons. The Labute approximate surface area is 130 Å². The zero-order valence-electron chi connectivity index (χ0n) is 11.9. The second-order valence-electron chi connectivity index (χ2n) is 5.95.